The van der Waals surface area contributed by atoms with Crippen LogP contribution in [-0.2, 0) is 9.53 Å². The molecule has 0 radical (unpaired) electrons. The maximum Gasteiger partial charge on any atom is 0.307 e. The Morgan fingerprint density at radius 1 is 1.47 bits per heavy atom. The van der Waals surface area contributed by atoms with Gasteiger partial charge in [0.25, 0.3) is 0 Å². The number of carbonyl (C=O) groups excluding carboxylic acids is 1. The summed E-state index contributed by atoms with van der Waals surface area (Å²) in [5.74, 6) is 0.721. The summed E-state index contributed by atoms with van der Waals surface area (Å²) in [6, 6.07) is 0.793. The molecular formula is C13H24N2O2. The predicted octanol–water partition coefficient (Wildman–Crippen LogP) is 1.01. The predicted molar refractivity (Wildman–Crippen MR) is 66.8 cm³/mol. The fourth-order valence-corrected chi connectivity index (χ4v) is 3.05. The molecule has 0 aromatic carbocycles. The van der Waals surface area contributed by atoms with Crippen LogP contribution in [0, 0.1) is 5.92 Å². The third-order valence-corrected chi connectivity index (χ3v) is 3.93. The highest BCUT2D eigenvalue weighted by Gasteiger charge is 2.34. The molecule has 0 aromatic heterocycles. The molecule has 1 N–H and O–H groups in total. The highest BCUT2D eigenvalue weighted by molar-refractivity contribution is 5.70. The smallest absolute Gasteiger partial charge is 0.307 e. The fourth-order valence-electron chi connectivity index (χ4n) is 3.05. The van der Waals surface area contributed by atoms with Gasteiger partial charge in [0.1, 0.15) is 0 Å². The second-order valence-electron chi connectivity index (χ2n) is 5.32. The first-order chi connectivity index (χ1) is 8.19. The van der Waals surface area contributed by atoms with Crippen molar-refractivity contribution in [2.45, 2.75) is 45.2 Å². The van der Waals surface area contributed by atoms with Crippen molar-refractivity contribution in [3.8, 4) is 0 Å². The Balaban J connectivity index is 1.75. The lowest BCUT2D eigenvalue weighted by atomic mass is 9.83. The van der Waals surface area contributed by atoms with Gasteiger partial charge in [0.05, 0.1) is 13.0 Å². The van der Waals surface area contributed by atoms with E-state index in [1.165, 1.54) is 25.9 Å². The van der Waals surface area contributed by atoms with Gasteiger partial charge in [-0.2, -0.15) is 0 Å². The molecule has 2 atom stereocenters. The Bertz CT molecular complexity index is 262. The molecule has 17 heavy (non-hydrogen) atoms. The van der Waals surface area contributed by atoms with Crippen LogP contribution in [0.15, 0.2) is 0 Å². The Morgan fingerprint density at radius 3 is 2.71 bits per heavy atom. The molecule has 0 aliphatic carbocycles. The van der Waals surface area contributed by atoms with Crippen molar-refractivity contribution in [1.29, 1.82) is 0 Å². The number of hydrogen-bond acceptors (Lipinski definition) is 4. The lowest BCUT2D eigenvalue weighted by Crippen LogP contribution is -2.57. The van der Waals surface area contributed by atoms with Crippen molar-refractivity contribution in [2.24, 2.45) is 5.92 Å². The van der Waals surface area contributed by atoms with Gasteiger partial charge >= 0.3 is 5.97 Å². The second kappa shape index (κ2) is 5.83. The SMILES string of the molecule is CCOC(=O)CC(C)NC1CN2CCC1CC2. The Kier molecular flexibility index (Phi) is 4.40. The Hall–Kier alpha value is -0.610. The Morgan fingerprint density at radius 2 is 2.18 bits per heavy atom. The van der Waals surface area contributed by atoms with E-state index in [1.807, 2.05) is 6.92 Å². The van der Waals surface area contributed by atoms with Crippen LogP contribution in [0.3, 0.4) is 0 Å². The summed E-state index contributed by atoms with van der Waals surface area (Å²) in [7, 11) is 0. The van der Waals surface area contributed by atoms with E-state index in [2.05, 4.69) is 17.1 Å². The highest BCUT2D eigenvalue weighted by atomic mass is 16.5. The van der Waals surface area contributed by atoms with Crippen LogP contribution < -0.4 is 5.32 Å². The first-order valence-corrected chi connectivity index (χ1v) is 6.83. The van der Waals surface area contributed by atoms with E-state index in [0.717, 1.165) is 12.5 Å². The maximum atomic E-state index is 11.4. The lowest BCUT2D eigenvalue weighted by Gasteiger charge is -2.46. The van der Waals surface area contributed by atoms with Crippen LogP contribution in [0.4, 0.5) is 0 Å². The van der Waals surface area contributed by atoms with Gasteiger partial charge in [-0.15, -0.1) is 0 Å². The number of rotatable bonds is 5. The summed E-state index contributed by atoms with van der Waals surface area (Å²) in [6.07, 6.45) is 3.10. The molecule has 4 nitrogen and oxygen atoms in total. The van der Waals surface area contributed by atoms with Crippen LogP contribution in [0.5, 0.6) is 0 Å². The lowest BCUT2D eigenvalue weighted by molar-refractivity contribution is -0.143. The van der Waals surface area contributed by atoms with Crippen molar-refractivity contribution < 1.29 is 9.53 Å². The average Bonchev–Trinajstić information content (AvgIpc) is 2.30. The molecule has 3 rings (SSSR count). The van der Waals surface area contributed by atoms with E-state index in [-0.39, 0.29) is 12.0 Å². The topological polar surface area (TPSA) is 41.6 Å². The van der Waals surface area contributed by atoms with Crippen molar-refractivity contribution in [2.75, 3.05) is 26.2 Å². The molecule has 4 heteroatoms. The number of carbonyl (C=O) groups is 1. The minimum absolute atomic E-state index is 0.0891. The summed E-state index contributed by atoms with van der Waals surface area (Å²) < 4.78 is 4.97. The number of fused-ring (bicyclic) bond motifs is 3. The van der Waals surface area contributed by atoms with Crippen LogP contribution >= 0.6 is 0 Å². The quantitative estimate of drug-likeness (QED) is 0.728. The first kappa shape index (κ1) is 12.8. The van der Waals surface area contributed by atoms with Gasteiger partial charge in [-0.3, -0.25) is 4.79 Å². The van der Waals surface area contributed by atoms with Gasteiger partial charge in [-0.25, -0.2) is 0 Å². The molecular weight excluding hydrogens is 216 g/mol. The van der Waals surface area contributed by atoms with Gasteiger partial charge in [0.2, 0.25) is 0 Å². The van der Waals surface area contributed by atoms with Gasteiger partial charge in [-0.05, 0) is 45.7 Å². The van der Waals surface area contributed by atoms with Crippen LogP contribution in [0.2, 0.25) is 0 Å². The summed E-state index contributed by atoms with van der Waals surface area (Å²) >= 11 is 0. The monoisotopic (exact) mass is 240 g/mol. The normalized spacial score (nSPS) is 33.4. The highest BCUT2D eigenvalue weighted by Crippen LogP contribution is 2.27. The van der Waals surface area contributed by atoms with E-state index in [1.54, 1.807) is 0 Å². The minimum atomic E-state index is -0.0891. The molecule has 3 fully saturated rings. The van der Waals surface area contributed by atoms with E-state index >= 15 is 0 Å². The number of ether oxygens (including phenoxy) is 1. The molecule has 0 spiro atoms. The van der Waals surface area contributed by atoms with Crippen LogP contribution in [0.1, 0.15) is 33.1 Å². The van der Waals surface area contributed by atoms with Gasteiger partial charge in [0.15, 0.2) is 0 Å². The van der Waals surface area contributed by atoms with Crippen molar-refractivity contribution in [1.82, 2.24) is 10.2 Å². The third kappa shape index (κ3) is 3.42. The molecule has 98 valence electrons. The number of piperidine rings is 3. The zero-order valence-corrected chi connectivity index (χ0v) is 10.9. The zero-order chi connectivity index (χ0) is 12.3. The summed E-state index contributed by atoms with van der Waals surface area (Å²) in [5.41, 5.74) is 0. The number of esters is 1. The summed E-state index contributed by atoms with van der Waals surface area (Å²) in [4.78, 5) is 13.9. The molecule has 0 aromatic rings. The Labute approximate surface area is 104 Å². The van der Waals surface area contributed by atoms with Gasteiger partial charge in [0, 0.05) is 18.6 Å². The largest absolute Gasteiger partial charge is 0.466 e. The second-order valence-corrected chi connectivity index (χ2v) is 5.32. The summed E-state index contributed by atoms with van der Waals surface area (Å²) in [6.45, 7) is 8.07. The van der Waals surface area contributed by atoms with E-state index in [4.69, 9.17) is 4.74 Å². The molecule has 0 amide bonds. The number of nitrogens with one attached hydrogen (secondary N) is 1. The zero-order valence-electron chi connectivity index (χ0n) is 10.9. The van der Waals surface area contributed by atoms with Crippen LogP contribution in [-0.4, -0.2) is 49.2 Å². The number of nitrogens with zero attached hydrogens (tertiary/aromatic N) is 1. The van der Waals surface area contributed by atoms with Gasteiger partial charge < -0.3 is 15.0 Å². The van der Waals surface area contributed by atoms with Crippen LogP contribution in [0.25, 0.3) is 0 Å². The van der Waals surface area contributed by atoms with E-state index in [9.17, 15) is 4.79 Å². The molecule has 3 heterocycles. The first-order valence-electron chi connectivity index (χ1n) is 6.83. The minimum Gasteiger partial charge on any atom is -0.466 e. The molecule has 3 aliphatic heterocycles. The molecule has 3 saturated heterocycles. The van der Waals surface area contributed by atoms with Crippen molar-refractivity contribution in [3.05, 3.63) is 0 Å². The molecule has 0 saturated carbocycles. The molecule has 3 aliphatic rings. The molecule has 2 bridgehead atoms. The summed E-state index contributed by atoms with van der Waals surface area (Å²) in [5, 5.41) is 3.60. The average molecular weight is 240 g/mol. The molecule has 2 unspecified atom stereocenters. The van der Waals surface area contributed by atoms with E-state index < -0.39 is 0 Å². The maximum absolute atomic E-state index is 11.4. The van der Waals surface area contributed by atoms with Crippen molar-refractivity contribution >= 4 is 5.97 Å². The van der Waals surface area contributed by atoms with Crippen molar-refractivity contribution in [3.63, 3.8) is 0 Å². The number of hydrogen-bond donors (Lipinski definition) is 1. The fraction of sp³-hybridized carbons (Fsp3) is 0.923. The standard InChI is InChI=1S/C13H24N2O2/c1-3-17-13(16)8-10(2)14-12-9-15-6-4-11(12)5-7-15/h10-12,14H,3-9H2,1-2H3. The van der Waals surface area contributed by atoms with Gasteiger partial charge in [-0.1, -0.05) is 0 Å². The third-order valence-electron chi connectivity index (χ3n) is 3.93. The van der Waals surface area contributed by atoms with E-state index in [0.29, 0.717) is 19.1 Å².